The molecule has 1 aliphatic heterocycles. The number of hydrogen-bond acceptors (Lipinski definition) is 2. The highest BCUT2D eigenvalue weighted by Gasteiger charge is 2.17. The highest BCUT2D eigenvalue weighted by Crippen LogP contribution is 2.33. The largest absolute Gasteiger partial charge is 0.493 e. The predicted molar refractivity (Wildman–Crippen MR) is 77.9 cm³/mol. The van der Waals surface area contributed by atoms with E-state index in [1.807, 2.05) is 25.3 Å². The van der Waals surface area contributed by atoms with Gasteiger partial charge in [0.2, 0.25) is 0 Å². The van der Waals surface area contributed by atoms with Crippen LogP contribution in [0, 0.1) is 6.92 Å². The normalized spacial score (nSPS) is 13.2. The molecule has 0 bridgehead atoms. The van der Waals surface area contributed by atoms with E-state index in [9.17, 15) is 4.79 Å². The van der Waals surface area contributed by atoms with E-state index < -0.39 is 0 Å². The van der Waals surface area contributed by atoms with Gasteiger partial charge in [0.05, 0.1) is 13.2 Å². The summed E-state index contributed by atoms with van der Waals surface area (Å²) in [6.45, 7) is 3.19. The average Bonchev–Trinajstić information content (AvgIpc) is 2.80. The van der Waals surface area contributed by atoms with Crippen LogP contribution >= 0.6 is 15.9 Å². The SMILES string of the molecule is Cc1ccn(Cc2cc(Br)cc3c2OCC3)c(=O)c1. The first-order valence-corrected chi connectivity index (χ1v) is 7.04. The van der Waals surface area contributed by atoms with Crippen molar-refractivity contribution >= 4 is 15.9 Å². The summed E-state index contributed by atoms with van der Waals surface area (Å²) < 4.78 is 8.42. The molecule has 1 aromatic heterocycles. The molecule has 3 rings (SSSR count). The molecule has 2 aromatic rings. The van der Waals surface area contributed by atoms with Crippen LogP contribution in [0.15, 0.2) is 39.7 Å². The molecule has 0 atom stereocenters. The van der Waals surface area contributed by atoms with Crippen LogP contribution in [0.4, 0.5) is 0 Å². The third kappa shape index (κ3) is 2.45. The van der Waals surface area contributed by atoms with Crippen molar-refractivity contribution in [2.24, 2.45) is 0 Å². The molecule has 1 aliphatic rings. The zero-order valence-electron chi connectivity index (χ0n) is 10.6. The smallest absolute Gasteiger partial charge is 0.251 e. The van der Waals surface area contributed by atoms with Gasteiger partial charge < -0.3 is 9.30 Å². The van der Waals surface area contributed by atoms with E-state index in [4.69, 9.17) is 4.74 Å². The summed E-state index contributed by atoms with van der Waals surface area (Å²) in [5.74, 6) is 0.940. The number of nitrogens with zero attached hydrogens (tertiary/aromatic N) is 1. The van der Waals surface area contributed by atoms with Crippen molar-refractivity contribution in [3.8, 4) is 5.75 Å². The fourth-order valence-corrected chi connectivity index (χ4v) is 2.94. The summed E-state index contributed by atoms with van der Waals surface area (Å²) in [6.07, 6.45) is 2.77. The summed E-state index contributed by atoms with van der Waals surface area (Å²) in [6, 6.07) is 7.71. The van der Waals surface area contributed by atoms with E-state index >= 15 is 0 Å². The number of rotatable bonds is 2. The minimum Gasteiger partial charge on any atom is -0.493 e. The van der Waals surface area contributed by atoms with Crippen LogP contribution in [-0.4, -0.2) is 11.2 Å². The van der Waals surface area contributed by atoms with Gasteiger partial charge in [0.1, 0.15) is 5.75 Å². The fourth-order valence-electron chi connectivity index (χ4n) is 2.38. The van der Waals surface area contributed by atoms with E-state index in [1.54, 1.807) is 10.6 Å². The molecule has 0 aliphatic carbocycles. The lowest BCUT2D eigenvalue weighted by atomic mass is 10.1. The number of aryl methyl sites for hydroxylation is 1. The Hall–Kier alpha value is -1.55. The van der Waals surface area contributed by atoms with Crippen molar-refractivity contribution in [2.45, 2.75) is 19.9 Å². The van der Waals surface area contributed by atoms with Gasteiger partial charge in [-0.3, -0.25) is 4.79 Å². The summed E-state index contributed by atoms with van der Waals surface area (Å²) in [5, 5.41) is 0. The van der Waals surface area contributed by atoms with Crippen molar-refractivity contribution in [1.82, 2.24) is 4.57 Å². The maximum atomic E-state index is 11.9. The van der Waals surface area contributed by atoms with Crippen LogP contribution in [0.5, 0.6) is 5.75 Å². The van der Waals surface area contributed by atoms with Gasteiger partial charge in [0.25, 0.3) is 5.56 Å². The maximum Gasteiger partial charge on any atom is 0.251 e. The second-order valence-electron chi connectivity index (χ2n) is 4.82. The fraction of sp³-hybridized carbons (Fsp3) is 0.267. The maximum absolute atomic E-state index is 11.9. The molecule has 0 radical (unpaired) electrons. The Labute approximate surface area is 120 Å². The van der Waals surface area contributed by atoms with Gasteiger partial charge in [0, 0.05) is 28.7 Å². The van der Waals surface area contributed by atoms with Crippen molar-refractivity contribution in [1.29, 1.82) is 0 Å². The number of pyridine rings is 1. The lowest BCUT2D eigenvalue weighted by Crippen LogP contribution is -2.19. The van der Waals surface area contributed by atoms with Gasteiger partial charge in [-0.25, -0.2) is 0 Å². The standard InChI is InChI=1S/C15H14BrNO2/c1-10-2-4-17(14(18)6-10)9-12-8-13(16)7-11-3-5-19-15(11)12/h2,4,6-8H,3,5,9H2,1H3. The highest BCUT2D eigenvalue weighted by molar-refractivity contribution is 9.10. The topological polar surface area (TPSA) is 31.2 Å². The molecule has 0 fully saturated rings. The van der Waals surface area contributed by atoms with Crippen LogP contribution in [0.25, 0.3) is 0 Å². The second-order valence-corrected chi connectivity index (χ2v) is 5.74. The molecule has 1 aromatic carbocycles. The monoisotopic (exact) mass is 319 g/mol. The molecule has 2 heterocycles. The average molecular weight is 320 g/mol. The quantitative estimate of drug-likeness (QED) is 0.852. The first kappa shape index (κ1) is 12.5. The van der Waals surface area contributed by atoms with Crippen molar-refractivity contribution in [2.75, 3.05) is 6.61 Å². The molecular weight excluding hydrogens is 306 g/mol. The number of fused-ring (bicyclic) bond motifs is 1. The lowest BCUT2D eigenvalue weighted by Gasteiger charge is -2.11. The van der Waals surface area contributed by atoms with E-state index in [-0.39, 0.29) is 5.56 Å². The van der Waals surface area contributed by atoms with Crippen LogP contribution in [0.3, 0.4) is 0 Å². The zero-order chi connectivity index (χ0) is 13.4. The zero-order valence-corrected chi connectivity index (χ0v) is 12.2. The van der Waals surface area contributed by atoms with Gasteiger partial charge in [-0.05, 0) is 36.2 Å². The van der Waals surface area contributed by atoms with Crippen LogP contribution in [0.2, 0.25) is 0 Å². The molecule has 0 saturated heterocycles. The molecule has 0 unspecified atom stereocenters. The molecule has 98 valence electrons. The van der Waals surface area contributed by atoms with Gasteiger partial charge in [-0.2, -0.15) is 0 Å². The minimum absolute atomic E-state index is 0.0201. The number of benzene rings is 1. The van der Waals surface area contributed by atoms with Crippen molar-refractivity contribution in [3.05, 3.63) is 62.0 Å². The Balaban J connectivity index is 2.02. The molecule has 0 amide bonds. The van der Waals surface area contributed by atoms with E-state index in [1.165, 1.54) is 5.56 Å². The molecular formula is C15H14BrNO2. The highest BCUT2D eigenvalue weighted by atomic mass is 79.9. The van der Waals surface area contributed by atoms with E-state index in [0.29, 0.717) is 6.54 Å². The van der Waals surface area contributed by atoms with Crippen LogP contribution in [-0.2, 0) is 13.0 Å². The molecule has 19 heavy (non-hydrogen) atoms. The first-order valence-electron chi connectivity index (χ1n) is 6.25. The number of ether oxygens (including phenoxy) is 1. The molecule has 3 nitrogen and oxygen atoms in total. The van der Waals surface area contributed by atoms with Crippen LogP contribution < -0.4 is 10.3 Å². The number of aromatic nitrogens is 1. The third-order valence-electron chi connectivity index (χ3n) is 3.32. The number of hydrogen-bond donors (Lipinski definition) is 0. The van der Waals surface area contributed by atoms with Gasteiger partial charge in [-0.1, -0.05) is 15.9 Å². The Morgan fingerprint density at radius 3 is 3.00 bits per heavy atom. The van der Waals surface area contributed by atoms with Crippen molar-refractivity contribution < 1.29 is 4.74 Å². The molecule has 0 saturated carbocycles. The Kier molecular flexibility index (Phi) is 3.19. The van der Waals surface area contributed by atoms with Gasteiger partial charge in [0.15, 0.2) is 0 Å². The second kappa shape index (κ2) is 4.85. The molecule has 0 N–H and O–H groups in total. The lowest BCUT2D eigenvalue weighted by molar-refractivity contribution is 0.352. The van der Waals surface area contributed by atoms with Crippen LogP contribution in [0.1, 0.15) is 16.7 Å². The summed E-state index contributed by atoms with van der Waals surface area (Å²) in [7, 11) is 0. The van der Waals surface area contributed by atoms with Gasteiger partial charge in [-0.15, -0.1) is 0 Å². The minimum atomic E-state index is 0.0201. The molecule has 0 spiro atoms. The van der Waals surface area contributed by atoms with E-state index in [2.05, 4.69) is 22.0 Å². The summed E-state index contributed by atoms with van der Waals surface area (Å²) >= 11 is 3.52. The predicted octanol–water partition coefficient (Wildman–Crippen LogP) is 2.90. The third-order valence-corrected chi connectivity index (χ3v) is 3.78. The molecule has 4 heteroatoms. The van der Waals surface area contributed by atoms with Gasteiger partial charge >= 0.3 is 0 Å². The first-order chi connectivity index (χ1) is 9.13. The Morgan fingerprint density at radius 2 is 2.21 bits per heavy atom. The number of halogens is 1. The summed E-state index contributed by atoms with van der Waals surface area (Å²) in [5.41, 5.74) is 3.26. The Morgan fingerprint density at radius 1 is 1.37 bits per heavy atom. The Bertz CT molecular complexity index is 691. The van der Waals surface area contributed by atoms with E-state index in [0.717, 1.165) is 34.4 Å². The summed E-state index contributed by atoms with van der Waals surface area (Å²) in [4.78, 5) is 11.9. The van der Waals surface area contributed by atoms with Crippen molar-refractivity contribution in [3.63, 3.8) is 0 Å².